The molecule has 2 aliphatic rings. The molecule has 1 saturated heterocycles. The molecule has 2 nitrogen and oxygen atoms in total. The third kappa shape index (κ3) is 3.35. The summed E-state index contributed by atoms with van der Waals surface area (Å²) in [6.45, 7) is 1.92. The van der Waals surface area contributed by atoms with E-state index in [-0.39, 0.29) is 0 Å². The zero-order chi connectivity index (χ0) is 9.80. The van der Waals surface area contributed by atoms with E-state index in [4.69, 9.17) is 4.74 Å². The molecule has 3 heteroatoms. The summed E-state index contributed by atoms with van der Waals surface area (Å²) in [6, 6.07) is 1.53. The van der Waals surface area contributed by atoms with Crippen LogP contribution in [0.5, 0.6) is 0 Å². The van der Waals surface area contributed by atoms with Crippen LogP contribution in [0.3, 0.4) is 0 Å². The van der Waals surface area contributed by atoms with E-state index >= 15 is 0 Å². The summed E-state index contributed by atoms with van der Waals surface area (Å²) < 4.78 is 6.30. The Hall–Kier alpha value is 0.650. The van der Waals surface area contributed by atoms with Crippen molar-refractivity contribution in [2.75, 3.05) is 13.2 Å². The number of nitrogens with one attached hydrogen (secondary N) is 1. The molecule has 1 N–H and O–H groups in total. The summed E-state index contributed by atoms with van der Waals surface area (Å²) in [7, 11) is 0. The van der Waals surface area contributed by atoms with E-state index in [0.717, 1.165) is 29.2 Å². The molecule has 2 rings (SSSR count). The monoisotopic (exact) mass is 309 g/mol. The van der Waals surface area contributed by atoms with Crippen LogP contribution in [-0.2, 0) is 4.74 Å². The summed E-state index contributed by atoms with van der Waals surface area (Å²) in [5.41, 5.74) is 0. The maximum absolute atomic E-state index is 5.36. The topological polar surface area (TPSA) is 21.3 Å². The molecule has 1 aliphatic carbocycles. The number of ether oxygens (including phenoxy) is 1. The average molecular weight is 309 g/mol. The van der Waals surface area contributed by atoms with Gasteiger partial charge in [-0.1, -0.05) is 22.6 Å². The molecule has 82 valence electrons. The van der Waals surface area contributed by atoms with Gasteiger partial charge in [0.15, 0.2) is 0 Å². The quantitative estimate of drug-likeness (QED) is 0.625. The second-order valence-electron chi connectivity index (χ2n) is 4.50. The van der Waals surface area contributed by atoms with Crippen LogP contribution in [0.25, 0.3) is 0 Å². The molecular weight excluding hydrogens is 289 g/mol. The Bertz CT molecular complexity index is 163. The Balaban J connectivity index is 1.68. The lowest BCUT2D eigenvalue weighted by molar-refractivity contribution is 0.0734. The smallest absolute Gasteiger partial charge is 0.0480 e. The molecule has 2 fully saturated rings. The fraction of sp³-hybridized carbons (Fsp3) is 1.00. The van der Waals surface area contributed by atoms with Gasteiger partial charge in [-0.25, -0.2) is 0 Å². The van der Waals surface area contributed by atoms with Crippen molar-refractivity contribution in [1.29, 1.82) is 0 Å². The first kappa shape index (κ1) is 11.1. The molecule has 0 amide bonds. The van der Waals surface area contributed by atoms with E-state index in [2.05, 4.69) is 27.9 Å². The van der Waals surface area contributed by atoms with Gasteiger partial charge >= 0.3 is 0 Å². The summed E-state index contributed by atoms with van der Waals surface area (Å²) in [5, 5.41) is 3.80. The highest BCUT2D eigenvalue weighted by atomic mass is 127. The van der Waals surface area contributed by atoms with Crippen LogP contribution in [-0.4, -0.2) is 29.2 Å². The molecule has 0 aromatic carbocycles. The fourth-order valence-electron chi connectivity index (χ4n) is 2.42. The van der Waals surface area contributed by atoms with Crippen LogP contribution >= 0.6 is 22.6 Å². The Morgan fingerprint density at radius 3 is 2.07 bits per heavy atom. The molecule has 1 aliphatic heterocycles. The van der Waals surface area contributed by atoms with Gasteiger partial charge in [0.05, 0.1) is 0 Å². The van der Waals surface area contributed by atoms with Gasteiger partial charge in [-0.3, -0.25) is 0 Å². The van der Waals surface area contributed by atoms with Crippen molar-refractivity contribution in [2.45, 2.75) is 54.5 Å². The van der Waals surface area contributed by atoms with Crippen molar-refractivity contribution in [3.63, 3.8) is 0 Å². The molecule has 0 spiro atoms. The molecule has 1 heterocycles. The van der Waals surface area contributed by atoms with E-state index in [1.165, 1.54) is 38.5 Å². The summed E-state index contributed by atoms with van der Waals surface area (Å²) in [6.07, 6.45) is 7.99. The lowest BCUT2D eigenvalue weighted by Gasteiger charge is -2.32. The average Bonchev–Trinajstić information content (AvgIpc) is 2.23. The van der Waals surface area contributed by atoms with Crippen LogP contribution in [0.4, 0.5) is 0 Å². The van der Waals surface area contributed by atoms with Gasteiger partial charge in [-0.05, 0) is 38.5 Å². The number of hydrogen-bond donors (Lipinski definition) is 1. The van der Waals surface area contributed by atoms with Crippen molar-refractivity contribution >= 4 is 22.6 Å². The van der Waals surface area contributed by atoms with Gasteiger partial charge in [0.25, 0.3) is 0 Å². The Morgan fingerprint density at radius 1 is 0.857 bits per heavy atom. The second kappa shape index (κ2) is 5.66. The van der Waals surface area contributed by atoms with Crippen molar-refractivity contribution in [3.05, 3.63) is 0 Å². The lowest BCUT2D eigenvalue weighted by Crippen LogP contribution is -2.43. The predicted molar refractivity (Wildman–Crippen MR) is 67.0 cm³/mol. The number of halogens is 1. The van der Waals surface area contributed by atoms with Crippen LogP contribution < -0.4 is 5.32 Å². The summed E-state index contributed by atoms with van der Waals surface area (Å²) >= 11 is 2.59. The minimum atomic E-state index is 0.736. The molecule has 0 aromatic heterocycles. The van der Waals surface area contributed by atoms with Gasteiger partial charge in [0, 0.05) is 29.2 Å². The highest BCUT2D eigenvalue weighted by molar-refractivity contribution is 14.1. The van der Waals surface area contributed by atoms with Crippen molar-refractivity contribution in [1.82, 2.24) is 5.32 Å². The van der Waals surface area contributed by atoms with Crippen molar-refractivity contribution < 1.29 is 4.74 Å². The first-order chi connectivity index (χ1) is 6.84. The number of hydrogen-bond acceptors (Lipinski definition) is 2. The van der Waals surface area contributed by atoms with Gasteiger partial charge in [-0.2, -0.15) is 0 Å². The molecule has 14 heavy (non-hydrogen) atoms. The highest BCUT2D eigenvalue weighted by Crippen LogP contribution is 2.25. The number of rotatable bonds is 2. The maximum atomic E-state index is 5.36. The van der Waals surface area contributed by atoms with Crippen LogP contribution in [0.1, 0.15) is 38.5 Å². The maximum Gasteiger partial charge on any atom is 0.0480 e. The number of alkyl halides is 1. The van der Waals surface area contributed by atoms with E-state index in [1.807, 2.05) is 0 Å². The minimum absolute atomic E-state index is 0.736. The standard InChI is InChI=1S/C11H20INO/c12-9-1-3-10(4-2-9)13-11-5-7-14-8-6-11/h9-11,13H,1-8H2/t9-,10+. The first-order valence-electron chi connectivity index (χ1n) is 5.82. The van der Waals surface area contributed by atoms with Gasteiger partial charge in [0.2, 0.25) is 0 Å². The van der Waals surface area contributed by atoms with Crippen molar-refractivity contribution in [2.24, 2.45) is 0 Å². The SMILES string of the molecule is I[C@H]1CC[C@@H](NC2CCOCC2)CC1. The Kier molecular flexibility index (Phi) is 4.50. The van der Waals surface area contributed by atoms with Gasteiger partial charge in [-0.15, -0.1) is 0 Å². The van der Waals surface area contributed by atoms with Crippen LogP contribution in [0, 0.1) is 0 Å². The van der Waals surface area contributed by atoms with Crippen LogP contribution in [0.15, 0.2) is 0 Å². The fourth-order valence-corrected chi connectivity index (χ4v) is 3.14. The Morgan fingerprint density at radius 2 is 1.43 bits per heavy atom. The van der Waals surface area contributed by atoms with E-state index < -0.39 is 0 Å². The van der Waals surface area contributed by atoms with E-state index in [9.17, 15) is 0 Å². The second-order valence-corrected chi connectivity index (χ2v) is 6.26. The molecule has 0 aromatic rings. The largest absolute Gasteiger partial charge is 0.381 e. The normalized spacial score (nSPS) is 35.8. The predicted octanol–water partition coefficient (Wildman–Crippen LogP) is 2.50. The Labute approximate surface area is 100 Å². The molecule has 1 saturated carbocycles. The summed E-state index contributed by atoms with van der Waals surface area (Å²) in [4.78, 5) is 0. The minimum Gasteiger partial charge on any atom is -0.381 e. The van der Waals surface area contributed by atoms with Gasteiger partial charge < -0.3 is 10.1 Å². The third-order valence-corrected chi connectivity index (χ3v) is 4.60. The van der Waals surface area contributed by atoms with E-state index in [1.54, 1.807) is 0 Å². The molecule has 0 unspecified atom stereocenters. The molecular formula is C11H20INO. The first-order valence-corrected chi connectivity index (χ1v) is 7.07. The molecule has 0 bridgehead atoms. The van der Waals surface area contributed by atoms with E-state index in [0.29, 0.717) is 0 Å². The lowest BCUT2D eigenvalue weighted by atomic mass is 9.94. The molecule has 0 atom stereocenters. The zero-order valence-electron chi connectivity index (χ0n) is 8.68. The summed E-state index contributed by atoms with van der Waals surface area (Å²) in [5.74, 6) is 0. The van der Waals surface area contributed by atoms with Crippen molar-refractivity contribution in [3.8, 4) is 0 Å². The zero-order valence-corrected chi connectivity index (χ0v) is 10.8. The van der Waals surface area contributed by atoms with Gasteiger partial charge in [0.1, 0.15) is 0 Å². The third-order valence-electron chi connectivity index (χ3n) is 3.35. The highest BCUT2D eigenvalue weighted by Gasteiger charge is 2.22. The van der Waals surface area contributed by atoms with Crippen LogP contribution in [0.2, 0.25) is 0 Å². The molecule has 0 radical (unpaired) electrons.